The number of nitrogens with two attached hydrogens (primary N) is 1. The molecule has 4 N–H and O–H groups in total. The number of hydrogen-bond donors (Lipinski definition) is 3. The van der Waals surface area contributed by atoms with Gasteiger partial charge in [-0.15, -0.1) is 0 Å². The fraction of sp³-hybridized carbons (Fsp3) is 0.346. The van der Waals surface area contributed by atoms with Gasteiger partial charge < -0.3 is 15.4 Å². The smallest absolute Gasteiger partial charge is 0.306 e. The average molecular weight is 494 g/mol. The minimum Gasteiger partial charge on any atom is -0.466 e. The topological polar surface area (TPSA) is 146 Å². The van der Waals surface area contributed by atoms with E-state index in [4.69, 9.17) is 15.9 Å². The Bertz CT molecular complexity index is 1190. The number of nitrogens with zero attached hydrogens (tertiary/aromatic N) is 2. The first-order valence-corrected chi connectivity index (χ1v) is 11.8. The van der Waals surface area contributed by atoms with Crippen LogP contribution < -0.4 is 16.1 Å². The Hall–Kier alpha value is -4.21. The summed E-state index contributed by atoms with van der Waals surface area (Å²) in [5.74, 6) is -1.90. The highest BCUT2D eigenvalue weighted by Gasteiger charge is 2.33. The van der Waals surface area contributed by atoms with E-state index >= 15 is 0 Å². The summed E-state index contributed by atoms with van der Waals surface area (Å²) >= 11 is 0. The standard InChI is InChI=1S/C26H31N5O5/c1-4-36-23(33)12-10-17-13-18(24(27)28)9-11-19(17)25(34)29-31-15-22(32)30(14-16(2)3)21-8-6-5-7-20(21)26(31)35/h5-9,11,13,16H,4,10,12,14-15H2,1-3H3,(H3,27,28)(H,29,34). The van der Waals surface area contributed by atoms with Crippen molar-refractivity contribution in [2.45, 2.75) is 33.6 Å². The van der Waals surface area contributed by atoms with Crippen LogP contribution in [-0.2, 0) is 20.7 Å². The van der Waals surface area contributed by atoms with Crippen molar-refractivity contribution < 1.29 is 23.9 Å². The molecule has 3 rings (SSSR count). The lowest BCUT2D eigenvalue weighted by molar-refractivity contribution is -0.143. The molecular weight excluding hydrogens is 462 g/mol. The summed E-state index contributed by atoms with van der Waals surface area (Å²) < 4.78 is 4.97. The molecule has 0 saturated heterocycles. The van der Waals surface area contributed by atoms with Crippen LogP contribution in [0.2, 0.25) is 0 Å². The third kappa shape index (κ3) is 6.07. The number of carbonyl (C=O) groups excluding carboxylic acids is 4. The summed E-state index contributed by atoms with van der Waals surface area (Å²) in [5.41, 5.74) is 10.0. The number of fused-ring (bicyclic) bond motifs is 1. The van der Waals surface area contributed by atoms with E-state index in [0.717, 1.165) is 5.01 Å². The number of aryl methyl sites for hydroxylation is 1. The second-order valence-electron chi connectivity index (χ2n) is 8.84. The van der Waals surface area contributed by atoms with Crippen molar-refractivity contribution in [1.29, 1.82) is 5.41 Å². The lowest BCUT2D eigenvalue weighted by atomic mass is 9.99. The number of ether oxygens (including phenoxy) is 1. The quantitative estimate of drug-likeness (QED) is 0.277. The maximum absolute atomic E-state index is 13.3. The molecule has 36 heavy (non-hydrogen) atoms. The van der Waals surface area contributed by atoms with Crippen LogP contribution in [0.3, 0.4) is 0 Å². The molecule has 2 aromatic carbocycles. The van der Waals surface area contributed by atoms with E-state index in [2.05, 4.69) is 5.43 Å². The third-order valence-electron chi connectivity index (χ3n) is 5.61. The fourth-order valence-electron chi connectivity index (χ4n) is 3.96. The van der Waals surface area contributed by atoms with E-state index in [-0.39, 0.29) is 49.2 Å². The fourth-order valence-corrected chi connectivity index (χ4v) is 3.96. The number of nitrogens with one attached hydrogen (secondary N) is 2. The van der Waals surface area contributed by atoms with Crippen molar-refractivity contribution >= 4 is 35.2 Å². The molecule has 0 unspecified atom stereocenters. The zero-order valence-corrected chi connectivity index (χ0v) is 20.7. The van der Waals surface area contributed by atoms with Gasteiger partial charge in [0.05, 0.1) is 17.9 Å². The Morgan fingerprint density at radius 1 is 1.17 bits per heavy atom. The molecule has 0 fully saturated rings. The minimum atomic E-state index is -0.625. The number of esters is 1. The third-order valence-corrected chi connectivity index (χ3v) is 5.61. The molecule has 0 saturated carbocycles. The van der Waals surface area contributed by atoms with Gasteiger partial charge in [0.25, 0.3) is 11.8 Å². The molecule has 1 aliphatic heterocycles. The molecular formula is C26H31N5O5. The second-order valence-corrected chi connectivity index (χ2v) is 8.84. The number of amidine groups is 1. The lowest BCUT2D eigenvalue weighted by Gasteiger charge is -2.24. The molecule has 0 radical (unpaired) electrons. The minimum absolute atomic E-state index is 0.0220. The number of carbonyl (C=O) groups is 4. The Kier molecular flexibility index (Phi) is 8.42. The Morgan fingerprint density at radius 2 is 1.89 bits per heavy atom. The van der Waals surface area contributed by atoms with Crippen molar-refractivity contribution in [3.05, 3.63) is 64.7 Å². The van der Waals surface area contributed by atoms with Crippen LogP contribution in [0.5, 0.6) is 0 Å². The molecule has 1 aliphatic rings. The molecule has 10 heteroatoms. The SMILES string of the molecule is CCOC(=O)CCc1cc(C(=N)N)ccc1C(=O)NN1CC(=O)N(CC(C)C)c2ccccc2C1=O. The highest BCUT2D eigenvalue weighted by molar-refractivity contribution is 6.10. The molecule has 190 valence electrons. The number of benzene rings is 2. The van der Waals surface area contributed by atoms with Crippen LogP contribution in [-0.4, -0.2) is 54.2 Å². The summed E-state index contributed by atoms with van der Waals surface area (Å²) in [5, 5.41) is 8.71. The van der Waals surface area contributed by atoms with Crippen LogP contribution in [0.4, 0.5) is 5.69 Å². The first-order chi connectivity index (χ1) is 17.1. The van der Waals surface area contributed by atoms with Gasteiger partial charge in [0.2, 0.25) is 5.91 Å². The van der Waals surface area contributed by atoms with E-state index in [1.807, 2.05) is 13.8 Å². The number of hydrazine groups is 1. The highest BCUT2D eigenvalue weighted by atomic mass is 16.5. The van der Waals surface area contributed by atoms with E-state index < -0.39 is 17.8 Å². The van der Waals surface area contributed by atoms with Gasteiger partial charge in [0, 0.05) is 24.1 Å². The van der Waals surface area contributed by atoms with Crippen LogP contribution in [0, 0.1) is 11.3 Å². The first-order valence-electron chi connectivity index (χ1n) is 11.8. The predicted molar refractivity (Wildman–Crippen MR) is 135 cm³/mol. The largest absolute Gasteiger partial charge is 0.466 e. The monoisotopic (exact) mass is 493 g/mol. The van der Waals surface area contributed by atoms with Crippen LogP contribution in [0.25, 0.3) is 0 Å². The van der Waals surface area contributed by atoms with Gasteiger partial charge in [-0.05, 0) is 49.1 Å². The van der Waals surface area contributed by atoms with Gasteiger partial charge in [0.15, 0.2) is 0 Å². The number of anilines is 1. The molecule has 0 bridgehead atoms. The Balaban J connectivity index is 1.90. The summed E-state index contributed by atoms with van der Waals surface area (Å²) in [6.07, 6.45) is 0.189. The molecule has 0 atom stereocenters. The van der Waals surface area contributed by atoms with E-state index in [1.54, 1.807) is 42.2 Å². The zero-order chi connectivity index (χ0) is 26.4. The number of nitrogen functional groups attached to an aromatic ring is 1. The van der Waals surface area contributed by atoms with Gasteiger partial charge in [-0.3, -0.25) is 30.0 Å². The van der Waals surface area contributed by atoms with Gasteiger partial charge >= 0.3 is 5.97 Å². The lowest BCUT2D eigenvalue weighted by Crippen LogP contribution is -2.49. The molecule has 0 aromatic heterocycles. The maximum atomic E-state index is 13.3. The number of para-hydroxylation sites is 1. The summed E-state index contributed by atoms with van der Waals surface area (Å²) in [7, 11) is 0. The summed E-state index contributed by atoms with van der Waals surface area (Å²) in [4.78, 5) is 53.2. The van der Waals surface area contributed by atoms with Gasteiger partial charge in [0.1, 0.15) is 12.4 Å². The van der Waals surface area contributed by atoms with Gasteiger partial charge in [-0.1, -0.05) is 32.0 Å². The van der Waals surface area contributed by atoms with Crippen molar-refractivity contribution in [3.8, 4) is 0 Å². The van der Waals surface area contributed by atoms with Crippen LogP contribution in [0.15, 0.2) is 42.5 Å². The highest BCUT2D eigenvalue weighted by Crippen LogP contribution is 2.26. The Labute approximate surface area is 209 Å². The Morgan fingerprint density at radius 3 is 2.56 bits per heavy atom. The van der Waals surface area contributed by atoms with Gasteiger partial charge in [-0.25, -0.2) is 5.01 Å². The van der Waals surface area contributed by atoms with Crippen LogP contribution in [0.1, 0.15) is 59.0 Å². The van der Waals surface area contributed by atoms with E-state index in [0.29, 0.717) is 28.9 Å². The van der Waals surface area contributed by atoms with Crippen molar-refractivity contribution in [3.63, 3.8) is 0 Å². The molecule has 1 heterocycles. The molecule has 0 spiro atoms. The number of hydrogen-bond acceptors (Lipinski definition) is 6. The number of rotatable bonds is 9. The van der Waals surface area contributed by atoms with Crippen LogP contribution >= 0.6 is 0 Å². The zero-order valence-electron chi connectivity index (χ0n) is 20.7. The molecule has 0 aliphatic carbocycles. The molecule has 3 amide bonds. The molecule has 10 nitrogen and oxygen atoms in total. The first kappa shape index (κ1) is 26.4. The van der Waals surface area contributed by atoms with Crippen molar-refractivity contribution in [2.75, 3.05) is 24.6 Å². The second kappa shape index (κ2) is 11.5. The predicted octanol–water partition coefficient (Wildman–Crippen LogP) is 2.26. The van der Waals surface area contributed by atoms with E-state index in [9.17, 15) is 19.2 Å². The van der Waals surface area contributed by atoms with Crippen molar-refractivity contribution in [2.24, 2.45) is 11.7 Å². The normalized spacial score (nSPS) is 13.3. The van der Waals surface area contributed by atoms with Gasteiger partial charge in [-0.2, -0.15) is 0 Å². The summed E-state index contributed by atoms with van der Waals surface area (Å²) in [6, 6.07) is 11.4. The average Bonchev–Trinajstić information content (AvgIpc) is 2.93. The van der Waals surface area contributed by atoms with Crippen molar-refractivity contribution in [1.82, 2.24) is 10.4 Å². The number of amides is 3. The van der Waals surface area contributed by atoms with E-state index in [1.165, 1.54) is 12.1 Å². The summed E-state index contributed by atoms with van der Waals surface area (Å²) in [6.45, 7) is 5.98. The maximum Gasteiger partial charge on any atom is 0.306 e. The molecule has 2 aromatic rings.